The van der Waals surface area contributed by atoms with Crippen LogP contribution < -0.4 is 0 Å². The molecule has 13 heteroatoms. The van der Waals surface area contributed by atoms with Gasteiger partial charge >= 0.3 is 5.97 Å². The summed E-state index contributed by atoms with van der Waals surface area (Å²) in [6, 6.07) is 0. The Morgan fingerprint density at radius 3 is 1.94 bits per heavy atom. The first-order chi connectivity index (χ1) is 21.3. The highest BCUT2D eigenvalue weighted by Gasteiger charge is 2.55. The molecule has 0 amide bonds. The molecular formula is C34H62N4O6Si3. The van der Waals surface area contributed by atoms with Gasteiger partial charge in [0.05, 0.1) is 31.2 Å². The molecule has 266 valence electrons. The molecule has 0 aromatic carbocycles. The third-order valence-corrected chi connectivity index (χ3v) is 25.0. The zero-order chi connectivity index (χ0) is 35.5. The molecule has 3 heterocycles. The number of aromatic nitrogens is 4. The molecule has 1 aliphatic heterocycles. The van der Waals surface area contributed by atoms with Crippen molar-refractivity contribution in [3.63, 3.8) is 0 Å². The molecule has 0 unspecified atom stereocenters. The molecule has 2 aromatic rings. The zero-order valence-corrected chi connectivity index (χ0v) is 35.0. The second-order valence-corrected chi connectivity index (χ2v) is 32.4. The van der Waals surface area contributed by atoms with E-state index in [2.05, 4.69) is 107 Å². The van der Waals surface area contributed by atoms with Crippen molar-refractivity contribution in [1.82, 2.24) is 19.5 Å². The van der Waals surface area contributed by atoms with Gasteiger partial charge in [-0.2, -0.15) is 0 Å². The lowest BCUT2D eigenvalue weighted by Gasteiger charge is -2.44. The Labute approximate surface area is 286 Å². The van der Waals surface area contributed by atoms with Crippen LogP contribution in [0.25, 0.3) is 11.2 Å². The van der Waals surface area contributed by atoms with Gasteiger partial charge < -0.3 is 22.8 Å². The molecule has 47 heavy (non-hydrogen) atoms. The summed E-state index contributed by atoms with van der Waals surface area (Å²) in [5.74, 6) is -0.414. The van der Waals surface area contributed by atoms with E-state index in [1.807, 2.05) is 11.5 Å². The Balaban J connectivity index is 1.80. The van der Waals surface area contributed by atoms with Crippen molar-refractivity contribution in [3.8, 4) is 0 Å². The van der Waals surface area contributed by atoms with Crippen LogP contribution in [0.2, 0.25) is 54.4 Å². The minimum absolute atomic E-state index is 0.0129. The van der Waals surface area contributed by atoms with Gasteiger partial charge in [0.25, 0.3) is 0 Å². The number of hydrogen-bond donors (Lipinski definition) is 0. The molecule has 4 rings (SSSR count). The van der Waals surface area contributed by atoms with Gasteiger partial charge in [-0.1, -0.05) is 62.3 Å². The van der Waals surface area contributed by atoms with E-state index in [1.165, 1.54) is 0 Å². The van der Waals surface area contributed by atoms with Crippen molar-refractivity contribution in [3.05, 3.63) is 18.3 Å². The van der Waals surface area contributed by atoms with E-state index in [1.54, 1.807) is 12.7 Å². The quantitative estimate of drug-likeness (QED) is 0.169. The average molecular weight is 707 g/mol. The van der Waals surface area contributed by atoms with Crippen LogP contribution in [0.15, 0.2) is 12.7 Å². The lowest BCUT2D eigenvalue weighted by Crippen LogP contribution is -2.54. The standard InChI is InChI=1S/C34H62N4O6Si3/c1-17-40-31(39)23-18-22(23)25-26-29(36-20-35-25)38(21-37-26)30-28(44-47(15,16)34(8,9)10)27(43-46(13,14)33(5,6)7)24(42-30)19-41-45(11,12)32(2,3)4/h20-24,27-28,30H,17-19H2,1-16H3/t22-,23-,24+,27+,28+,30+/m0/s1. The van der Waals surface area contributed by atoms with Crippen molar-refractivity contribution >= 4 is 42.1 Å². The molecular weight excluding hydrogens is 645 g/mol. The molecule has 0 radical (unpaired) electrons. The summed E-state index contributed by atoms with van der Waals surface area (Å²) < 4.78 is 35.8. The normalized spacial score (nSPS) is 26.2. The SMILES string of the molecule is CCOC(=O)[C@H]1C[C@@H]1c1ncnc2c1ncn2[C@@H]1O[C@H](CO[Si](C)(C)C(C)(C)C)[C@@H](O[Si](C)(C)C(C)(C)C)[C@H]1O[Si](C)(C)C(C)(C)C. The van der Waals surface area contributed by atoms with Crippen molar-refractivity contribution in [1.29, 1.82) is 0 Å². The van der Waals surface area contributed by atoms with Crippen LogP contribution in [0.1, 0.15) is 93.5 Å². The van der Waals surface area contributed by atoms with Crippen LogP contribution >= 0.6 is 0 Å². The highest BCUT2D eigenvalue weighted by atomic mass is 28.4. The second-order valence-electron chi connectivity index (χ2n) is 18.1. The average Bonchev–Trinajstić information content (AvgIpc) is 3.50. The van der Waals surface area contributed by atoms with E-state index in [4.69, 9.17) is 32.7 Å². The molecule has 2 aromatic heterocycles. The van der Waals surface area contributed by atoms with E-state index in [9.17, 15) is 4.79 Å². The lowest BCUT2D eigenvalue weighted by molar-refractivity contribution is -0.144. The third-order valence-electron chi connectivity index (χ3n) is 11.6. The number of esters is 1. The summed E-state index contributed by atoms with van der Waals surface area (Å²) in [5, 5.41) is 0.00611. The molecule has 2 fully saturated rings. The van der Waals surface area contributed by atoms with Crippen LogP contribution in [0.3, 0.4) is 0 Å². The Kier molecular flexibility index (Phi) is 10.6. The molecule has 2 aliphatic rings. The van der Waals surface area contributed by atoms with Gasteiger partial charge in [-0.15, -0.1) is 0 Å². The van der Waals surface area contributed by atoms with Gasteiger partial charge in [-0.3, -0.25) is 9.36 Å². The van der Waals surface area contributed by atoms with Crippen LogP contribution in [-0.4, -0.2) is 82.0 Å². The molecule has 0 bridgehead atoms. The summed E-state index contributed by atoms with van der Waals surface area (Å²) in [5.41, 5.74) is 2.12. The fourth-order valence-electron chi connectivity index (χ4n) is 5.21. The summed E-state index contributed by atoms with van der Waals surface area (Å²) in [4.78, 5) is 26.7. The van der Waals surface area contributed by atoms with Crippen molar-refractivity contribution in [2.75, 3.05) is 13.2 Å². The minimum atomic E-state index is -2.32. The van der Waals surface area contributed by atoms with Crippen molar-refractivity contribution < 1.29 is 27.5 Å². The van der Waals surface area contributed by atoms with E-state index in [0.29, 0.717) is 30.8 Å². The summed E-state index contributed by atoms with van der Waals surface area (Å²) in [6.07, 6.45) is 2.39. The first-order valence-corrected chi connectivity index (χ1v) is 26.0. The Hall–Kier alpha value is -1.49. The largest absolute Gasteiger partial charge is 0.466 e. The maximum absolute atomic E-state index is 12.5. The van der Waals surface area contributed by atoms with E-state index < -0.39 is 37.3 Å². The second kappa shape index (κ2) is 13.0. The molecule has 0 spiro atoms. The van der Waals surface area contributed by atoms with Crippen LogP contribution in [-0.2, 0) is 27.5 Å². The molecule has 1 saturated carbocycles. The number of carbonyl (C=O) groups excluding carboxylic acids is 1. The van der Waals surface area contributed by atoms with E-state index >= 15 is 0 Å². The number of hydrogen-bond acceptors (Lipinski definition) is 9. The van der Waals surface area contributed by atoms with Gasteiger partial charge in [0.15, 0.2) is 36.8 Å². The lowest BCUT2D eigenvalue weighted by atomic mass is 10.1. The first-order valence-electron chi connectivity index (χ1n) is 17.3. The number of fused-ring (bicyclic) bond motifs is 1. The van der Waals surface area contributed by atoms with Crippen LogP contribution in [0.5, 0.6) is 0 Å². The summed E-state index contributed by atoms with van der Waals surface area (Å²) in [7, 11) is -6.69. The molecule has 6 atom stereocenters. The maximum Gasteiger partial charge on any atom is 0.309 e. The van der Waals surface area contributed by atoms with Crippen LogP contribution in [0.4, 0.5) is 0 Å². The van der Waals surface area contributed by atoms with Gasteiger partial charge in [0.1, 0.15) is 30.2 Å². The minimum Gasteiger partial charge on any atom is -0.466 e. The van der Waals surface area contributed by atoms with Gasteiger partial charge in [-0.05, 0) is 67.7 Å². The Morgan fingerprint density at radius 1 is 0.851 bits per heavy atom. The van der Waals surface area contributed by atoms with Gasteiger partial charge in [0, 0.05) is 5.92 Å². The molecule has 10 nitrogen and oxygen atoms in total. The number of rotatable bonds is 11. The van der Waals surface area contributed by atoms with E-state index in [-0.39, 0.29) is 45.1 Å². The summed E-state index contributed by atoms with van der Waals surface area (Å²) >= 11 is 0. The summed E-state index contributed by atoms with van der Waals surface area (Å²) in [6.45, 7) is 36.6. The van der Waals surface area contributed by atoms with Crippen molar-refractivity contribution in [2.45, 2.75) is 161 Å². The predicted octanol–water partition coefficient (Wildman–Crippen LogP) is 8.19. The van der Waals surface area contributed by atoms with Gasteiger partial charge in [-0.25, -0.2) is 15.0 Å². The fourth-order valence-corrected chi connectivity index (χ4v) is 8.83. The molecule has 1 aliphatic carbocycles. The third kappa shape index (κ3) is 7.81. The highest BCUT2D eigenvalue weighted by molar-refractivity contribution is 6.75. The number of nitrogens with zero attached hydrogens (tertiary/aromatic N) is 4. The number of carbonyl (C=O) groups is 1. The number of imidazole rings is 1. The Morgan fingerprint density at radius 2 is 1.40 bits per heavy atom. The zero-order valence-electron chi connectivity index (χ0n) is 32.0. The first kappa shape index (κ1) is 38.3. The smallest absolute Gasteiger partial charge is 0.309 e. The van der Waals surface area contributed by atoms with Crippen molar-refractivity contribution in [2.24, 2.45) is 5.92 Å². The highest BCUT2D eigenvalue weighted by Crippen LogP contribution is 2.50. The topological polar surface area (TPSA) is 107 Å². The monoisotopic (exact) mass is 706 g/mol. The predicted molar refractivity (Wildman–Crippen MR) is 194 cm³/mol. The molecule has 0 N–H and O–H groups in total. The maximum atomic E-state index is 12.5. The number of ether oxygens (including phenoxy) is 2. The molecule has 1 saturated heterocycles. The van der Waals surface area contributed by atoms with Crippen LogP contribution in [0, 0.1) is 5.92 Å². The fraction of sp³-hybridized carbons (Fsp3) is 0.824. The van der Waals surface area contributed by atoms with Gasteiger partial charge in [0.2, 0.25) is 0 Å². The Bertz CT molecular complexity index is 1430. The van der Waals surface area contributed by atoms with E-state index in [0.717, 1.165) is 5.69 Å².